The number of aromatic nitrogens is 1. The maximum Gasteiger partial charge on any atom is 0.335 e. The van der Waals surface area contributed by atoms with Gasteiger partial charge in [-0.15, -0.1) is 0 Å². The molecule has 0 bridgehead atoms. The van der Waals surface area contributed by atoms with Gasteiger partial charge in [0.15, 0.2) is 0 Å². The summed E-state index contributed by atoms with van der Waals surface area (Å²) < 4.78 is 0. The molecule has 21 heavy (non-hydrogen) atoms. The normalized spacial score (nSPS) is 10.1. The van der Waals surface area contributed by atoms with Gasteiger partial charge in [-0.25, -0.2) is 9.78 Å². The molecular weight excluding hydrogens is 292 g/mol. The Morgan fingerprint density at radius 1 is 1.19 bits per heavy atom. The van der Waals surface area contributed by atoms with Gasteiger partial charge in [-0.2, -0.15) is 0 Å². The summed E-state index contributed by atoms with van der Waals surface area (Å²) in [6.07, 6.45) is 1.83. The third kappa shape index (κ3) is 4.03. The molecule has 108 valence electrons. The average molecular weight is 305 g/mol. The van der Waals surface area contributed by atoms with E-state index in [0.29, 0.717) is 29.2 Å². The molecule has 0 fully saturated rings. The number of amides is 1. The number of hydrogen-bond donors (Lipinski definition) is 2. The zero-order valence-electron chi connectivity index (χ0n) is 11.0. The van der Waals surface area contributed by atoms with E-state index in [1.54, 1.807) is 30.3 Å². The van der Waals surface area contributed by atoms with Gasteiger partial charge in [-0.05, 0) is 30.2 Å². The smallest absolute Gasteiger partial charge is 0.335 e. The maximum absolute atomic E-state index is 11.9. The first kappa shape index (κ1) is 15.0. The van der Waals surface area contributed by atoms with E-state index < -0.39 is 5.97 Å². The molecule has 1 amide bonds. The molecule has 0 saturated heterocycles. The highest BCUT2D eigenvalue weighted by Crippen LogP contribution is 2.09. The number of rotatable bonds is 5. The molecule has 0 radical (unpaired) electrons. The van der Waals surface area contributed by atoms with Crippen molar-refractivity contribution in [3.05, 3.63) is 64.4 Å². The number of carbonyl (C=O) groups is 2. The second-order valence-corrected chi connectivity index (χ2v) is 4.73. The van der Waals surface area contributed by atoms with E-state index in [1.165, 1.54) is 12.3 Å². The van der Waals surface area contributed by atoms with Crippen molar-refractivity contribution in [1.82, 2.24) is 10.3 Å². The van der Waals surface area contributed by atoms with Crippen LogP contribution in [-0.2, 0) is 6.42 Å². The highest BCUT2D eigenvalue weighted by Gasteiger charge is 2.10. The van der Waals surface area contributed by atoms with Crippen LogP contribution in [0.2, 0.25) is 5.15 Å². The number of nitrogens with zero attached hydrogens (tertiary/aromatic N) is 1. The number of hydrogen-bond acceptors (Lipinski definition) is 3. The summed E-state index contributed by atoms with van der Waals surface area (Å²) >= 11 is 5.65. The fraction of sp³-hybridized carbons (Fsp3) is 0.133. The lowest BCUT2D eigenvalue weighted by atomic mass is 10.0. The fourth-order valence-corrected chi connectivity index (χ4v) is 1.98. The molecule has 6 heteroatoms. The molecule has 0 atom stereocenters. The van der Waals surface area contributed by atoms with Crippen LogP contribution in [0.5, 0.6) is 0 Å². The van der Waals surface area contributed by atoms with Crippen LogP contribution >= 0.6 is 11.6 Å². The number of aromatic carboxylic acids is 1. The molecule has 0 spiro atoms. The molecule has 1 aromatic heterocycles. The van der Waals surface area contributed by atoms with Crippen LogP contribution in [0.1, 0.15) is 26.3 Å². The molecule has 1 aromatic carbocycles. The molecule has 2 N–H and O–H groups in total. The van der Waals surface area contributed by atoms with E-state index in [2.05, 4.69) is 10.3 Å². The largest absolute Gasteiger partial charge is 0.478 e. The minimum atomic E-state index is -0.973. The van der Waals surface area contributed by atoms with Crippen LogP contribution in [0.3, 0.4) is 0 Å². The van der Waals surface area contributed by atoms with E-state index in [0.717, 1.165) is 0 Å². The zero-order valence-corrected chi connectivity index (χ0v) is 11.8. The lowest BCUT2D eigenvalue weighted by Crippen LogP contribution is -2.26. The van der Waals surface area contributed by atoms with E-state index in [-0.39, 0.29) is 11.5 Å². The molecule has 0 aliphatic carbocycles. The number of carboxylic acid groups (broad SMARTS) is 1. The molecule has 0 aliphatic heterocycles. The summed E-state index contributed by atoms with van der Waals surface area (Å²) in [6.45, 7) is 0.339. The second-order valence-electron chi connectivity index (χ2n) is 4.34. The van der Waals surface area contributed by atoms with Crippen molar-refractivity contribution in [2.75, 3.05) is 6.54 Å². The highest BCUT2D eigenvalue weighted by molar-refractivity contribution is 6.29. The molecular formula is C15H13ClN2O3. The Morgan fingerprint density at radius 2 is 1.95 bits per heavy atom. The van der Waals surface area contributed by atoms with Crippen molar-refractivity contribution >= 4 is 23.5 Å². The fourth-order valence-electron chi connectivity index (χ4n) is 1.87. The molecule has 0 aliphatic rings. The Bertz CT molecular complexity index is 656. The summed E-state index contributed by atoms with van der Waals surface area (Å²) in [4.78, 5) is 26.7. The van der Waals surface area contributed by atoms with E-state index in [1.807, 2.05) is 0 Å². The van der Waals surface area contributed by atoms with Gasteiger partial charge in [0.2, 0.25) is 0 Å². The molecule has 0 unspecified atom stereocenters. The Morgan fingerprint density at radius 3 is 2.62 bits per heavy atom. The minimum absolute atomic E-state index is 0.250. The Labute approximate surface area is 126 Å². The van der Waals surface area contributed by atoms with Gasteiger partial charge in [-0.3, -0.25) is 4.79 Å². The van der Waals surface area contributed by atoms with Crippen LogP contribution in [0.15, 0.2) is 42.6 Å². The first-order chi connectivity index (χ1) is 10.1. The number of carboxylic acids is 1. The maximum atomic E-state index is 11.9. The lowest BCUT2D eigenvalue weighted by Gasteiger charge is -2.07. The highest BCUT2D eigenvalue weighted by atomic mass is 35.5. The van der Waals surface area contributed by atoms with E-state index in [9.17, 15) is 9.59 Å². The zero-order chi connectivity index (χ0) is 15.2. The van der Waals surface area contributed by atoms with E-state index in [4.69, 9.17) is 16.7 Å². The van der Waals surface area contributed by atoms with Crippen LogP contribution < -0.4 is 5.32 Å². The third-order valence-electron chi connectivity index (χ3n) is 2.92. The number of halogens is 1. The summed E-state index contributed by atoms with van der Waals surface area (Å²) in [5.41, 5.74) is 1.34. The summed E-state index contributed by atoms with van der Waals surface area (Å²) in [5, 5.41) is 12.1. The second kappa shape index (κ2) is 6.85. The first-order valence-electron chi connectivity index (χ1n) is 6.29. The summed E-state index contributed by atoms with van der Waals surface area (Å²) in [7, 11) is 0. The standard InChI is InChI=1S/C15H13ClN2O3/c16-13-6-5-11(9-18-13)14(19)17-8-7-10-3-1-2-4-12(10)15(20)21/h1-6,9H,7-8H2,(H,17,19)(H,20,21). The topological polar surface area (TPSA) is 79.3 Å². The number of pyridine rings is 1. The molecule has 0 saturated carbocycles. The van der Waals surface area contributed by atoms with E-state index >= 15 is 0 Å². The summed E-state index contributed by atoms with van der Waals surface area (Å²) in [5.74, 6) is -1.24. The van der Waals surface area contributed by atoms with Crippen molar-refractivity contribution in [3.63, 3.8) is 0 Å². The van der Waals surface area contributed by atoms with Crippen molar-refractivity contribution in [3.8, 4) is 0 Å². The number of nitrogens with one attached hydrogen (secondary N) is 1. The van der Waals surface area contributed by atoms with Gasteiger partial charge in [0.1, 0.15) is 5.15 Å². The lowest BCUT2D eigenvalue weighted by molar-refractivity contribution is 0.0695. The quantitative estimate of drug-likeness (QED) is 0.831. The van der Waals surface area contributed by atoms with Crippen molar-refractivity contribution < 1.29 is 14.7 Å². The van der Waals surface area contributed by atoms with Gasteiger partial charge >= 0.3 is 5.97 Å². The van der Waals surface area contributed by atoms with Crippen molar-refractivity contribution in [2.45, 2.75) is 6.42 Å². The van der Waals surface area contributed by atoms with Crippen LogP contribution in [-0.4, -0.2) is 28.5 Å². The van der Waals surface area contributed by atoms with Crippen LogP contribution in [0.4, 0.5) is 0 Å². The predicted molar refractivity (Wildman–Crippen MR) is 78.7 cm³/mol. The van der Waals surface area contributed by atoms with Gasteiger partial charge in [0.25, 0.3) is 5.91 Å². The first-order valence-corrected chi connectivity index (χ1v) is 6.66. The molecule has 5 nitrogen and oxygen atoms in total. The minimum Gasteiger partial charge on any atom is -0.478 e. The third-order valence-corrected chi connectivity index (χ3v) is 3.14. The monoisotopic (exact) mass is 304 g/mol. The molecule has 1 heterocycles. The molecule has 2 aromatic rings. The van der Waals surface area contributed by atoms with Gasteiger partial charge in [0, 0.05) is 12.7 Å². The van der Waals surface area contributed by atoms with Gasteiger partial charge < -0.3 is 10.4 Å². The van der Waals surface area contributed by atoms with Crippen molar-refractivity contribution in [1.29, 1.82) is 0 Å². The van der Waals surface area contributed by atoms with Gasteiger partial charge in [0.05, 0.1) is 11.1 Å². The van der Waals surface area contributed by atoms with Crippen LogP contribution in [0, 0.1) is 0 Å². The molecule has 2 rings (SSSR count). The SMILES string of the molecule is O=C(NCCc1ccccc1C(=O)O)c1ccc(Cl)nc1. The Balaban J connectivity index is 1.94. The summed E-state index contributed by atoms with van der Waals surface area (Å²) in [6, 6.07) is 9.84. The Kier molecular flexibility index (Phi) is 4.90. The van der Waals surface area contributed by atoms with Gasteiger partial charge in [-0.1, -0.05) is 29.8 Å². The number of carbonyl (C=O) groups excluding carboxylic acids is 1. The number of benzene rings is 1. The predicted octanol–water partition coefficient (Wildman–Crippen LogP) is 2.41. The van der Waals surface area contributed by atoms with Crippen molar-refractivity contribution in [2.24, 2.45) is 0 Å². The average Bonchev–Trinajstić information content (AvgIpc) is 2.48. The Hall–Kier alpha value is -2.40. The van der Waals surface area contributed by atoms with Crippen LogP contribution in [0.25, 0.3) is 0 Å².